The molecule has 0 aromatic carbocycles. The van der Waals surface area contributed by atoms with Crippen LogP contribution in [-0.2, 0) is 14.2 Å². The van der Waals surface area contributed by atoms with Crippen LogP contribution in [0, 0.1) is 0 Å². The normalized spacial score (nSPS) is 37.8. The molecule has 0 unspecified atom stereocenters. The van der Waals surface area contributed by atoms with Gasteiger partial charge in [-0.3, -0.25) is 0 Å². The summed E-state index contributed by atoms with van der Waals surface area (Å²) in [5, 5.41) is 0. The van der Waals surface area contributed by atoms with Crippen molar-refractivity contribution in [2.24, 2.45) is 5.73 Å². The van der Waals surface area contributed by atoms with Crippen LogP contribution in [0.3, 0.4) is 0 Å². The first-order valence-corrected chi connectivity index (χ1v) is 5.93. The summed E-state index contributed by atoms with van der Waals surface area (Å²) in [6, 6.07) is 0.127. The Morgan fingerprint density at radius 2 is 2.13 bits per heavy atom. The number of ether oxygens (including phenoxy) is 3. The number of nitrogens with two attached hydrogens (primary N) is 1. The molecule has 0 aromatic heterocycles. The van der Waals surface area contributed by atoms with E-state index in [1.54, 1.807) is 0 Å². The summed E-state index contributed by atoms with van der Waals surface area (Å²) in [7, 11) is 0. The summed E-state index contributed by atoms with van der Waals surface area (Å²) in [6.07, 6.45) is 4.78. The summed E-state index contributed by atoms with van der Waals surface area (Å²) < 4.78 is 16.7. The van der Waals surface area contributed by atoms with Crippen LogP contribution in [-0.4, -0.2) is 44.7 Å². The molecular formula is C11H21NO3. The van der Waals surface area contributed by atoms with Gasteiger partial charge in [-0.15, -0.1) is 0 Å². The lowest BCUT2D eigenvalue weighted by atomic mass is 10.1. The molecule has 88 valence electrons. The number of hydrogen-bond acceptors (Lipinski definition) is 4. The van der Waals surface area contributed by atoms with E-state index in [1.807, 2.05) is 0 Å². The Labute approximate surface area is 91.1 Å². The molecule has 0 saturated carbocycles. The van der Waals surface area contributed by atoms with Gasteiger partial charge in [-0.1, -0.05) is 0 Å². The fraction of sp³-hybridized carbons (Fsp3) is 1.00. The van der Waals surface area contributed by atoms with Crippen LogP contribution in [0.4, 0.5) is 0 Å². The van der Waals surface area contributed by atoms with Gasteiger partial charge in [0, 0.05) is 19.3 Å². The van der Waals surface area contributed by atoms with Gasteiger partial charge in [0.1, 0.15) is 0 Å². The zero-order valence-electron chi connectivity index (χ0n) is 9.19. The first kappa shape index (κ1) is 11.3. The van der Waals surface area contributed by atoms with Gasteiger partial charge in [-0.05, 0) is 25.7 Å². The van der Waals surface area contributed by atoms with Crippen molar-refractivity contribution in [1.29, 1.82) is 0 Å². The van der Waals surface area contributed by atoms with Gasteiger partial charge in [-0.2, -0.15) is 0 Å². The third kappa shape index (κ3) is 3.41. The van der Waals surface area contributed by atoms with Crippen LogP contribution in [0.15, 0.2) is 0 Å². The highest BCUT2D eigenvalue weighted by atomic mass is 16.6. The van der Waals surface area contributed by atoms with E-state index in [2.05, 4.69) is 0 Å². The van der Waals surface area contributed by atoms with Gasteiger partial charge in [0.25, 0.3) is 0 Å². The van der Waals surface area contributed by atoms with Gasteiger partial charge in [0.2, 0.25) is 0 Å². The molecular weight excluding hydrogens is 194 g/mol. The highest BCUT2D eigenvalue weighted by molar-refractivity contribution is 4.77. The van der Waals surface area contributed by atoms with E-state index < -0.39 is 0 Å². The van der Waals surface area contributed by atoms with Gasteiger partial charge >= 0.3 is 0 Å². The molecule has 15 heavy (non-hydrogen) atoms. The fourth-order valence-corrected chi connectivity index (χ4v) is 2.07. The Bertz CT molecular complexity index is 183. The van der Waals surface area contributed by atoms with Crippen LogP contribution in [0.1, 0.15) is 25.7 Å². The molecule has 0 bridgehead atoms. The molecule has 2 aliphatic rings. The lowest BCUT2D eigenvalue weighted by Crippen LogP contribution is -2.45. The molecule has 3 atom stereocenters. The third-order valence-electron chi connectivity index (χ3n) is 3.13. The zero-order valence-corrected chi connectivity index (χ0v) is 9.19. The first-order valence-electron chi connectivity index (χ1n) is 5.93. The molecule has 0 aliphatic carbocycles. The molecule has 4 nitrogen and oxygen atoms in total. The molecule has 4 heteroatoms. The van der Waals surface area contributed by atoms with Crippen LogP contribution < -0.4 is 5.73 Å². The average molecular weight is 215 g/mol. The minimum absolute atomic E-state index is 0.0595. The molecule has 0 spiro atoms. The third-order valence-corrected chi connectivity index (χ3v) is 3.13. The van der Waals surface area contributed by atoms with Crippen molar-refractivity contribution >= 4 is 0 Å². The summed E-state index contributed by atoms with van der Waals surface area (Å²) in [5.74, 6) is 0. The van der Waals surface area contributed by atoms with E-state index in [0.29, 0.717) is 13.2 Å². The Balaban J connectivity index is 1.67. The van der Waals surface area contributed by atoms with Gasteiger partial charge in [-0.25, -0.2) is 0 Å². The predicted octanol–water partition coefficient (Wildman–Crippen LogP) is 0.688. The largest absolute Gasteiger partial charge is 0.379 e. The molecule has 2 N–H and O–H groups in total. The average Bonchev–Trinajstić information content (AvgIpc) is 2.29. The molecule has 2 rings (SSSR count). The van der Waals surface area contributed by atoms with Crippen LogP contribution in [0.2, 0.25) is 0 Å². The molecule has 0 amide bonds. The maximum atomic E-state index is 5.95. The van der Waals surface area contributed by atoms with E-state index in [-0.39, 0.29) is 18.2 Å². The lowest BCUT2D eigenvalue weighted by molar-refractivity contribution is -0.104. The standard InChI is InChI=1S/C11H21NO3/c12-10-4-6-13-8-11(10)15-7-9-3-1-2-5-14-9/h9-11H,1-8,12H2/t9-,10-,11+/m0/s1. The fourth-order valence-electron chi connectivity index (χ4n) is 2.07. The Kier molecular flexibility index (Phi) is 4.38. The molecule has 2 saturated heterocycles. The molecule has 0 radical (unpaired) electrons. The van der Waals surface area contributed by atoms with Crippen LogP contribution in [0.25, 0.3) is 0 Å². The minimum Gasteiger partial charge on any atom is -0.379 e. The predicted molar refractivity (Wildman–Crippen MR) is 56.7 cm³/mol. The van der Waals surface area contributed by atoms with Crippen molar-refractivity contribution < 1.29 is 14.2 Å². The Morgan fingerprint density at radius 1 is 1.20 bits per heavy atom. The van der Waals surface area contributed by atoms with Crippen molar-refractivity contribution in [3.8, 4) is 0 Å². The van der Waals surface area contributed by atoms with E-state index in [4.69, 9.17) is 19.9 Å². The summed E-state index contributed by atoms with van der Waals surface area (Å²) in [5.41, 5.74) is 5.95. The second-order valence-corrected chi connectivity index (χ2v) is 4.39. The van der Waals surface area contributed by atoms with E-state index in [1.165, 1.54) is 12.8 Å². The van der Waals surface area contributed by atoms with E-state index in [0.717, 1.165) is 26.1 Å². The monoisotopic (exact) mass is 215 g/mol. The second-order valence-electron chi connectivity index (χ2n) is 4.39. The van der Waals surface area contributed by atoms with Crippen LogP contribution in [0.5, 0.6) is 0 Å². The SMILES string of the molecule is N[C@H]1CCOC[C@H]1OC[C@@H]1CCCCO1. The quantitative estimate of drug-likeness (QED) is 0.752. The number of hydrogen-bond donors (Lipinski definition) is 1. The van der Waals surface area contributed by atoms with Gasteiger partial charge in [0.15, 0.2) is 0 Å². The van der Waals surface area contributed by atoms with Crippen molar-refractivity contribution in [3.63, 3.8) is 0 Å². The highest BCUT2D eigenvalue weighted by Gasteiger charge is 2.24. The zero-order chi connectivity index (χ0) is 10.5. The second kappa shape index (κ2) is 5.80. The molecule has 2 heterocycles. The van der Waals surface area contributed by atoms with Crippen molar-refractivity contribution in [1.82, 2.24) is 0 Å². The van der Waals surface area contributed by atoms with Gasteiger partial charge in [0.05, 0.1) is 25.4 Å². The van der Waals surface area contributed by atoms with Gasteiger partial charge < -0.3 is 19.9 Å². The minimum atomic E-state index is 0.0595. The summed E-state index contributed by atoms with van der Waals surface area (Å²) in [6.45, 7) is 2.94. The molecule has 0 aromatic rings. The summed E-state index contributed by atoms with van der Waals surface area (Å²) >= 11 is 0. The first-order chi connectivity index (χ1) is 7.36. The Morgan fingerprint density at radius 3 is 2.87 bits per heavy atom. The maximum Gasteiger partial charge on any atom is 0.0960 e. The van der Waals surface area contributed by atoms with E-state index >= 15 is 0 Å². The van der Waals surface area contributed by atoms with Crippen molar-refractivity contribution in [2.45, 2.75) is 43.9 Å². The van der Waals surface area contributed by atoms with E-state index in [9.17, 15) is 0 Å². The summed E-state index contributed by atoms with van der Waals surface area (Å²) in [4.78, 5) is 0. The molecule has 2 aliphatic heterocycles. The van der Waals surface area contributed by atoms with Crippen molar-refractivity contribution in [3.05, 3.63) is 0 Å². The molecule has 2 fully saturated rings. The number of rotatable bonds is 3. The highest BCUT2D eigenvalue weighted by Crippen LogP contribution is 2.15. The topological polar surface area (TPSA) is 53.7 Å². The van der Waals surface area contributed by atoms with Crippen LogP contribution >= 0.6 is 0 Å². The van der Waals surface area contributed by atoms with Crippen molar-refractivity contribution in [2.75, 3.05) is 26.4 Å². The maximum absolute atomic E-state index is 5.95. The lowest BCUT2D eigenvalue weighted by Gasteiger charge is -2.31. The Hall–Kier alpha value is -0.160. The smallest absolute Gasteiger partial charge is 0.0960 e.